The molecule has 0 spiro atoms. The fraction of sp³-hybridized carbons (Fsp3) is 0.462. The summed E-state index contributed by atoms with van der Waals surface area (Å²) in [6.07, 6.45) is 7.52. The van der Waals surface area contributed by atoms with E-state index in [1.54, 1.807) is 6.26 Å². The number of quaternary nitrogens is 1. The van der Waals surface area contributed by atoms with E-state index in [9.17, 15) is 0 Å². The van der Waals surface area contributed by atoms with Gasteiger partial charge in [0.05, 0.1) is 12.5 Å². The van der Waals surface area contributed by atoms with Crippen LogP contribution in [0.5, 0.6) is 0 Å². The number of pyridine rings is 1. The van der Waals surface area contributed by atoms with Crippen molar-refractivity contribution in [1.29, 1.82) is 0 Å². The van der Waals surface area contributed by atoms with Gasteiger partial charge >= 0.3 is 0 Å². The van der Waals surface area contributed by atoms with Crippen LogP contribution < -0.4 is 10.0 Å². The Bertz CT molecular complexity index is 514. The van der Waals surface area contributed by atoms with Crippen molar-refractivity contribution in [2.24, 2.45) is 0 Å². The first-order chi connectivity index (χ1) is 8.34. The van der Waals surface area contributed by atoms with Crippen LogP contribution in [-0.4, -0.2) is 25.1 Å². The van der Waals surface area contributed by atoms with Crippen molar-refractivity contribution >= 4 is 16.8 Å². The van der Waals surface area contributed by atoms with Crippen LogP contribution in [0.3, 0.4) is 0 Å². The highest BCUT2D eigenvalue weighted by Crippen LogP contribution is 2.28. The molecule has 4 nitrogen and oxygen atoms in total. The lowest BCUT2D eigenvalue weighted by Gasteiger charge is -2.38. The van der Waals surface area contributed by atoms with Crippen LogP contribution in [0.2, 0.25) is 0 Å². The Balaban J connectivity index is 2.04. The average Bonchev–Trinajstić information content (AvgIpc) is 2.86. The molecule has 0 unspecified atom stereocenters. The quantitative estimate of drug-likeness (QED) is 0.808. The predicted octanol–water partition coefficient (Wildman–Crippen LogP) is 2.45. The highest BCUT2D eigenvalue weighted by atomic mass is 16.3. The van der Waals surface area contributed by atoms with Gasteiger partial charge in [0.15, 0.2) is 11.3 Å². The second-order valence-corrected chi connectivity index (χ2v) is 4.70. The zero-order valence-electron chi connectivity index (χ0n) is 10.1. The van der Waals surface area contributed by atoms with Crippen molar-refractivity contribution in [2.75, 3.05) is 20.1 Å². The molecule has 0 aliphatic carbocycles. The van der Waals surface area contributed by atoms with E-state index in [-0.39, 0.29) is 0 Å². The molecule has 0 radical (unpaired) electrons. The smallest absolute Gasteiger partial charge is 0.174 e. The molecule has 0 amide bonds. The Morgan fingerprint density at radius 2 is 2.12 bits per heavy atom. The third-order valence-corrected chi connectivity index (χ3v) is 3.79. The SMILES string of the molecule is CN[N+]1(c2cnc3ccoc3c2)CCCCC1. The van der Waals surface area contributed by atoms with Crippen LogP contribution in [0.4, 0.5) is 5.69 Å². The molecule has 1 aliphatic heterocycles. The summed E-state index contributed by atoms with van der Waals surface area (Å²) in [7, 11) is 2.03. The van der Waals surface area contributed by atoms with Crippen LogP contribution in [0, 0.1) is 0 Å². The lowest BCUT2D eigenvalue weighted by molar-refractivity contribution is 0.173. The van der Waals surface area contributed by atoms with Crippen LogP contribution in [-0.2, 0) is 0 Å². The normalized spacial score (nSPS) is 19.6. The Labute approximate surface area is 101 Å². The summed E-state index contributed by atoms with van der Waals surface area (Å²) >= 11 is 0. The molecular weight excluding hydrogens is 214 g/mol. The maximum Gasteiger partial charge on any atom is 0.174 e. The molecule has 3 heterocycles. The van der Waals surface area contributed by atoms with Crippen molar-refractivity contribution in [1.82, 2.24) is 15.0 Å². The van der Waals surface area contributed by atoms with Gasteiger partial charge in [0.25, 0.3) is 0 Å². The van der Waals surface area contributed by atoms with Gasteiger partial charge in [-0.15, -0.1) is 0 Å². The molecule has 90 valence electrons. The van der Waals surface area contributed by atoms with Crippen molar-refractivity contribution in [3.05, 3.63) is 24.6 Å². The van der Waals surface area contributed by atoms with Gasteiger partial charge in [-0.1, -0.05) is 0 Å². The number of hydrogen-bond donors (Lipinski definition) is 1. The summed E-state index contributed by atoms with van der Waals surface area (Å²) in [5.41, 5.74) is 6.46. The summed E-state index contributed by atoms with van der Waals surface area (Å²) < 4.78 is 6.26. The topological polar surface area (TPSA) is 38.1 Å². The van der Waals surface area contributed by atoms with Crippen molar-refractivity contribution in [3.63, 3.8) is 0 Å². The summed E-state index contributed by atoms with van der Waals surface area (Å²) in [4.78, 5) is 4.46. The molecule has 1 saturated heterocycles. The van der Waals surface area contributed by atoms with Crippen molar-refractivity contribution in [3.8, 4) is 0 Å². The predicted molar refractivity (Wildman–Crippen MR) is 68.4 cm³/mol. The second-order valence-electron chi connectivity index (χ2n) is 4.70. The Morgan fingerprint density at radius 3 is 2.88 bits per heavy atom. The minimum atomic E-state index is 0.823. The molecule has 0 saturated carbocycles. The van der Waals surface area contributed by atoms with E-state index in [2.05, 4.69) is 16.5 Å². The lowest BCUT2D eigenvalue weighted by atomic mass is 10.1. The van der Waals surface area contributed by atoms with E-state index in [4.69, 9.17) is 4.42 Å². The largest absolute Gasteiger partial charge is 0.462 e. The van der Waals surface area contributed by atoms with Gasteiger partial charge in [-0.2, -0.15) is 5.43 Å². The molecule has 17 heavy (non-hydrogen) atoms. The second kappa shape index (κ2) is 4.13. The first-order valence-corrected chi connectivity index (χ1v) is 6.24. The number of aromatic nitrogens is 1. The number of hydrogen-bond acceptors (Lipinski definition) is 3. The number of fused-ring (bicyclic) bond motifs is 1. The summed E-state index contributed by atoms with van der Waals surface area (Å²) in [5, 5.41) is 0. The molecule has 1 aliphatic rings. The number of furan rings is 1. The molecule has 1 N–H and O–H groups in total. The molecule has 0 bridgehead atoms. The van der Waals surface area contributed by atoms with E-state index >= 15 is 0 Å². The number of piperidine rings is 1. The highest BCUT2D eigenvalue weighted by molar-refractivity contribution is 5.75. The average molecular weight is 232 g/mol. The highest BCUT2D eigenvalue weighted by Gasteiger charge is 2.32. The standard InChI is InChI=1S/C13H18N3O/c1-14-16(6-3-2-4-7-16)11-9-13-12(15-10-11)5-8-17-13/h5,8-10,14H,2-4,6-7H2,1H3/q+1. The van der Waals surface area contributed by atoms with E-state index < -0.39 is 0 Å². The molecule has 0 atom stereocenters. The fourth-order valence-corrected chi connectivity index (χ4v) is 2.73. The number of rotatable bonds is 2. The van der Waals surface area contributed by atoms with E-state index in [1.165, 1.54) is 24.9 Å². The van der Waals surface area contributed by atoms with Crippen LogP contribution in [0.1, 0.15) is 19.3 Å². The number of nitrogens with one attached hydrogen (secondary N) is 1. The Hall–Kier alpha value is -1.39. The monoisotopic (exact) mass is 232 g/mol. The maximum absolute atomic E-state index is 5.44. The third kappa shape index (κ3) is 1.73. The molecular formula is C13H18N3O+. The lowest BCUT2D eigenvalue weighted by Crippen LogP contribution is -2.60. The van der Waals surface area contributed by atoms with Crippen molar-refractivity contribution in [2.45, 2.75) is 19.3 Å². The van der Waals surface area contributed by atoms with Gasteiger partial charge in [0.2, 0.25) is 0 Å². The van der Waals surface area contributed by atoms with Crippen molar-refractivity contribution < 1.29 is 4.42 Å². The first kappa shape index (κ1) is 10.7. The molecule has 1 fully saturated rings. The van der Waals surface area contributed by atoms with E-state index in [1.807, 2.05) is 19.3 Å². The summed E-state index contributed by atoms with van der Waals surface area (Å²) in [5.74, 6) is 0. The van der Waals surface area contributed by atoms with Gasteiger partial charge in [0, 0.05) is 19.2 Å². The Kier molecular flexibility index (Phi) is 2.61. The maximum atomic E-state index is 5.44. The summed E-state index contributed by atoms with van der Waals surface area (Å²) in [6, 6.07) is 4.02. The fourth-order valence-electron chi connectivity index (χ4n) is 2.73. The molecule has 2 aromatic rings. The van der Waals surface area contributed by atoms with E-state index in [0.29, 0.717) is 0 Å². The molecule has 2 aromatic heterocycles. The van der Waals surface area contributed by atoms with E-state index in [0.717, 1.165) is 28.8 Å². The Morgan fingerprint density at radius 1 is 1.29 bits per heavy atom. The number of nitrogens with zero attached hydrogens (tertiary/aromatic N) is 2. The van der Waals surface area contributed by atoms with Crippen LogP contribution in [0.15, 0.2) is 29.0 Å². The molecule has 3 rings (SSSR count). The van der Waals surface area contributed by atoms with Gasteiger partial charge in [-0.3, -0.25) is 0 Å². The van der Waals surface area contributed by atoms with Gasteiger partial charge < -0.3 is 4.42 Å². The van der Waals surface area contributed by atoms with Crippen LogP contribution >= 0.6 is 0 Å². The molecule has 4 heteroatoms. The molecule has 0 aromatic carbocycles. The van der Waals surface area contributed by atoms with Crippen LogP contribution in [0.25, 0.3) is 11.1 Å². The van der Waals surface area contributed by atoms with Gasteiger partial charge in [-0.05, 0) is 19.3 Å². The third-order valence-electron chi connectivity index (χ3n) is 3.79. The van der Waals surface area contributed by atoms with Gasteiger partial charge in [0.1, 0.15) is 18.6 Å². The van der Waals surface area contributed by atoms with Gasteiger partial charge in [-0.25, -0.2) is 9.58 Å². The minimum Gasteiger partial charge on any atom is -0.462 e. The zero-order valence-corrected chi connectivity index (χ0v) is 10.1. The zero-order chi connectivity index (χ0) is 11.7. The first-order valence-electron chi connectivity index (χ1n) is 6.24. The minimum absolute atomic E-state index is 0.823. The summed E-state index contributed by atoms with van der Waals surface area (Å²) in [6.45, 7) is 2.26.